The van der Waals surface area contributed by atoms with Crippen molar-refractivity contribution in [2.24, 2.45) is 0 Å². The molecule has 1 aliphatic heterocycles. The standard InChI is InChI=1S/C14H20FNO3/c1-10(17)11-3-4-14(13(15)7-11)19-9-12-8-16(2)5-6-18-12/h3-4,7,10,12,17H,5-6,8-9H2,1-2H3/t10-,12?/m1/s1. The van der Waals surface area contributed by atoms with Crippen LogP contribution in [0.15, 0.2) is 18.2 Å². The quantitative estimate of drug-likeness (QED) is 0.901. The molecule has 0 radical (unpaired) electrons. The Morgan fingerprint density at radius 2 is 2.37 bits per heavy atom. The minimum absolute atomic E-state index is 0.0328. The fraction of sp³-hybridized carbons (Fsp3) is 0.571. The van der Waals surface area contributed by atoms with Gasteiger partial charge in [-0.15, -0.1) is 0 Å². The Morgan fingerprint density at radius 1 is 1.58 bits per heavy atom. The van der Waals surface area contributed by atoms with Gasteiger partial charge in [0.2, 0.25) is 0 Å². The summed E-state index contributed by atoms with van der Waals surface area (Å²) in [5, 5.41) is 9.37. The number of benzene rings is 1. The van der Waals surface area contributed by atoms with Crippen molar-refractivity contribution in [1.29, 1.82) is 0 Å². The Hall–Kier alpha value is -1.17. The van der Waals surface area contributed by atoms with E-state index in [0.717, 1.165) is 13.1 Å². The highest BCUT2D eigenvalue weighted by Crippen LogP contribution is 2.22. The maximum absolute atomic E-state index is 13.8. The number of ether oxygens (including phenoxy) is 2. The average Bonchev–Trinajstić information content (AvgIpc) is 2.37. The molecule has 4 nitrogen and oxygen atoms in total. The van der Waals surface area contributed by atoms with Gasteiger partial charge >= 0.3 is 0 Å². The molecule has 0 amide bonds. The van der Waals surface area contributed by atoms with E-state index in [-0.39, 0.29) is 11.9 Å². The summed E-state index contributed by atoms with van der Waals surface area (Å²) in [6, 6.07) is 4.51. The van der Waals surface area contributed by atoms with Crippen molar-refractivity contribution >= 4 is 0 Å². The third kappa shape index (κ3) is 3.89. The molecule has 1 saturated heterocycles. The summed E-state index contributed by atoms with van der Waals surface area (Å²) in [5.74, 6) is -0.260. The summed E-state index contributed by atoms with van der Waals surface area (Å²) in [6.07, 6.45) is -0.714. The molecular formula is C14H20FNO3. The first-order valence-electron chi connectivity index (χ1n) is 6.46. The van der Waals surface area contributed by atoms with Crippen molar-refractivity contribution in [2.75, 3.05) is 33.4 Å². The predicted molar refractivity (Wildman–Crippen MR) is 69.8 cm³/mol. The lowest BCUT2D eigenvalue weighted by molar-refractivity contribution is -0.0408. The van der Waals surface area contributed by atoms with Crippen LogP contribution < -0.4 is 4.74 Å². The van der Waals surface area contributed by atoms with Crippen LogP contribution >= 0.6 is 0 Å². The van der Waals surface area contributed by atoms with E-state index in [4.69, 9.17) is 9.47 Å². The highest BCUT2D eigenvalue weighted by atomic mass is 19.1. The molecule has 0 spiro atoms. The van der Waals surface area contributed by atoms with E-state index in [2.05, 4.69) is 4.90 Å². The normalized spacial score (nSPS) is 22.2. The van der Waals surface area contributed by atoms with Gasteiger partial charge in [0.05, 0.1) is 12.7 Å². The summed E-state index contributed by atoms with van der Waals surface area (Å²) < 4.78 is 24.7. The van der Waals surface area contributed by atoms with Gasteiger partial charge in [-0.25, -0.2) is 4.39 Å². The molecule has 1 unspecified atom stereocenters. The van der Waals surface area contributed by atoms with Gasteiger partial charge in [0, 0.05) is 13.1 Å². The number of hydrogen-bond acceptors (Lipinski definition) is 4. The first-order valence-corrected chi connectivity index (χ1v) is 6.46. The second-order valence-corrected chi connectivity index (χ2v) is 4.93. The summed E-state index contributed by atoms with van der Waals surface area (Å²) in [6.45, 7) is 4.30. The number of hydrogen-bond donors (Lipinski definition) is 1. The molecule has 106 valence electrons. The number of likely N-dealkylation sites (N-methyl/N-ethyl adjacent to an activating group) is 1. The lowest BCUT2D eigenvalue weighted by Crippen LogP contribution is -2.42. The maximum Gasteiger partial charge on any atom is 0.165 e. The lowest BCUT2D eigenvalue weighted by Gasteiger charge is -2.29. The van der Waals surface area contributed by atoms with Gasteiger partial charge in [-0.2, -0.15) is 0 Å². The van der Waals surface area contributed by atoms with Crippen LogP contribution in [-0.2, 0) is 4.74 Å². The van der Waals surface area contributed by atoms with E-state index in [1.54, 1.807) is 19.1 Å². The van der Waals surface area contributed by atoms with Crippen molar-refractivity contribution < 1.29 is 19.0 Å². The van der Waals surface area contributed by atoms with Gasteiger partial charge in [0.1, 0.15) is 12.7 Å². The van der Waals surface area contributed by atoms with Crippen LogP contribution in [0.2, 0.25) is 0 Å². The molecule has 0 aliphatic carbocycles. The first kappa shape index (κ1) is 14.2. The molecule has 19 heavy (non-hydrogen) atoms. The van der Waals surface area contributed by atoms with Crippen LogP contribution in [0.4, 0.5) is 4.39 Å². The van der Waals surface area contributed by atoms with Gasteiger partial charge in [0.25, 0.3) is 0 Å². The number of nitrogens with zero attached hydrogens (tertiary/aromatic N) is 1. The Bertz CT molecular complexity index is 425. The Kier molecular flexibility index (Phi) is 4.74. The molecular weight excluding hydrogens is 249 g/mol. The van der Waals surface area contributed by atoms with E-state index in [1.165, 1.54) is 6.07 Å². The predicted octanol–water partition coefficient (Wildman–Crippen LogP) is 1.59. The highest BCUT2D eigenvalue weighted by Gasteiger charge is 2.19. The number of rotatable bonds is 4. The van der Waals surface area contributed by atoms with Gasteiger partial charge in [-0.1, -0.05) is 6.07 Å². The molecule has 1 heterocycles. The van der Waals surface area contributed by atoms with Crippen LogP contribution in [-0.4, -0.2) is 49.5 Å². The largest absolute Gasteiger partial charge is 0.488 e. The Labute approximate surface area is 112 Å². The van der Waals surface area contributed by atoms with E-state index < -0.39 is 11.9 Å². The smallest absolute Gasteiger partial charge is 0.165 e. The van der Waals surface area contributed by atoms with Crippen LogP contribution in [0.3, 0.4) is 0 Å². The fourth-order valence-electron chi connectivity index (χ4n) is 2.04. The van der Waals surface area contributed by atoms with E-state index >= 15 is 0 Å². The average molecular weight is 269 g/mol. The minimum Gasteiger partial charge on any atom is -0.488 e. The number of aliphatic hydroxyl groups excluding tert-OH is 1. The van der Waals surface area contributed by atoms with E-state index in [0.29, 0.717) is 18.8 Å². The van der Waals surface area contributed by atoms with Crippen molar-refractivity contribution in [3.8, 4) is 5.75 Å². The highest BCUT2D eigenvalue weighted by molar-refractivity contribution is 5.30. The molecule has 1 fully saturated rings. The summed E-state index contributed by atoms with van der Waals surface area (Å²) in [5.41, 5.74) is 0.540. The van der Waals surface area contributed by atoms with Crippen molar-refractivity contribution in [3.63, 3.8) is 0 Å². The molecule has 1 aromatic carbocycles. The molecule has 1 aliphatic rings. The van der Waals surface area contributed by atoms with Crippen LogP contribution in [0.5, 0.6) is 5.75 Å². The van der Waals surface area contributed by atoms with Crippen LogP contribution in [0.25, 0.3) is 0 Å². The van der Waals surface area contributed by atoms with Crippen molar-refractivity contribution in [3.05, 3.63) is 29.6 Å². The zero-order valence-corrected chi connectivity index (χ0v) is 11.3. The zero-order chi connectivity index (χ0) is 13.8. The van der Waals surface area contributed by atoms with E-state index in [9.17, 15) is 9.50 Å². The van der Waals surface area contributed by atoms with E-state index in [1.807, 2.05) is 7.05 Å². The third-order valence-corrected chi connectivity index (χ3v) is 3.20. The third-order valence-electron chi connectivity index (χ3n) is 3.20. The van der Waals surface area contributed by atoms with Gasteiger partial charge < -0.3 is 19.5 Å². The summed E-state index contributed by atoms with van der Waals surface area (Å²) in [7, 11) is 2.02. The monoisotopic (exact) mass is 269 g/mol. The first-order chi connectivity index (χ1) is 9.06. The van der Waals surface area contributed by atoms with Crippen LogP contribution in [0, 0.1) is 5.82 Å². The number of halogens is 1. The molecule has 0 saturated carbocycles. The molecule has 2 rings (SSSR count). The lowest BCUT2D eigenvalue weighted by atomic mass is 10.1. The fourth-order valence-corrected chi connectivity index (χ4v) is 2.04. The molecule has 5 heteroatoms. The molecule has 1 N–H and O–H groups in total. The Balaban J connectivity index is 1.92. The summed E-state index contributed by atoms with van der Waals surface area (Å²) >= 11 is 0. The van der Waals surface area contributed by atoms with Gasteiger partial charge in [0.15, 0.2) is 11.6 Å². The van der Waals surface area contributed by atoms with Gasteiger partial charge in [-0.05, 0) is 31.7 Å². The number of aliphatic hydroxyl groups is 1. The topological polar surface area (TPSA) is 41.9 Å². The molecule has 2 atom stereocenters. The summed E-state index contributed by atoms with van der Waals surface area (Å²) in [4.78, 5) is 2.16. The molecule has 0 aromatic heterocycles. The molecule has 1 aromatic rings. The van der Waals surface area contributed by atoms with Crippen molar-refractivity contribution in [2.45, 2.75) is 19.1 Å². The second-order valence-electron chi connectivity index (χ2n) is 4.93. The second kappa shape index (κ2) is 6.32. The van der Waals surface area contributed by atoms with Crippen LogP contribution in [0.1, 0.15) is 18.6 Å². The maximum atomic E-state index is 13.8. The number of morpholine rings is 1. The van der Waals surface area contributed by atoms with Gasteiger partial charge in [-0.3, -0.25) is 0 Å². The SMILES string of the molecule is C[C@@H](O)c1ccc(OCC2CN(C)CCO2)c(F)c1. The Morgan fingerprint density at radius 3 is 3.00 bits per heavy atom. The minimum atomic E-state index is -0.682. The van der Waals surface area contributed by atoms with Crippen molar-refractivity contribution in [1.82, 2.24) is 4.90 Å². The zero-order valence-electron chi connectivity index (χ0n) is 11.3. The molecule has 0 bridgehead atoms.